The van der Waals surface area contributed by atoms with Gasteiger partial charge in [0.05, 0.1) is 5.69 Å². The van der Waals surface area contributed by atoms with E-state index in [4.69, 9.17) is 0 Å². The fraction of sp³-hybridized carbons (Fsp3) is 0.412. The van der Waals surface area contributed by atoms with Gasteiger partial charge in [-0.3, -0.25) is 19.7 Å². The molecule has 1 N–H and O–H groups in total. The van der Waals surface area contributed by atoms with Crippen molar-refractivity contribution >= 4 is 23.5 Å². The van der Waals surface area contributed by atoms with Gasteiger partial charge in [0.1, 0.15) is 5.41 Å². The number of rotatable bonds is 7. The molecule has 1 unspecified atom stereocenters. The maximum atomic E-state index is 14.5. The first-order chi connectivity index (χ1) is 20.2. The molecular weight excluding hydrogens is 528 g/mol. The molecule has 2 saturated heterocycles. The van der Waals surface area contributed by atoms with Crippen molar-refractivity contribution in [3.05, 3.63) is 99.5 Å². The molecule has 0 aliphatic carbocycles. The van der Waals surface area contributed by atoms with Gasteiger partial charge in [0.15, 0.2) is 0 Å². The summed E-state index contributed by atoms with van der Waals surface area (Å²) in [5.74, 6) is -0.329. The Hall–Kier alpha value is -4.04. The number of likely N-dealkylation sites (tertiary alicyclic amines) is 1. The van der Waals surface area contributed by atoms with Crippen molar-refractivity contribution in [3.8, 4) is 0 Å². The lowest BCUT2D eigenvalue weighted by Gasteiger charge is -2.47. The average Bonchev–Trinajstić information content (AvgIpc) is 2.97. The Kier molecular flexibility index (Phi) is 7.35. The van der Waals surface area contributed by atoms with Gasteiger partial charge in [0.25, 0.3) is 11.5 Å². The van der Waals surface area contributed by atoms with Crippen molar-refractivity contribution in [3.63, 3.8) is 0 Å². The highest BCUT2D eigenvalue weighted by molar-refractivity contribution is 6.30. The van der Waals surface area contributed by atoms with Crippen LogP contribution in [0.3, 0.4) is 0 Å². The molecule has 4 heterocycles. The van der Waals surface area contributed by atoms with Crippen molar-refractivity contribution in [1.82, 2.24) is 14.8 Å². The molecule has 3 aromatic rings. The van der Waals surface area contributed by atoms with Crippen molar-refractivity contribution < 1.29 is 14.4 Å². The third-order valence-electron chi connectivity index (χ3n) is 9.27. The van der Waals surface area contributed by atoms with Crippen LogP contribution >= 0.6 is 0 Å². The predicted octanol–water partition coefficient (Wildman–Crippen LogP) is 4.47. The number of barbiturate groups is 1. The second-order valence-electron chi connectivity index (χ2n) is 12.5. The van der Waals surface area contributed by atoms with E-state index in [9.17, 15) is 19.2 Å². The number of aryl methyl sites for hydroxylation is 1. The first kappa shape index (κ1) is 28.1. The smallest absolute Gasteiger partial charge is 0.312 e. The van der Waals surface area contributed by atoms with Gasteiger partial charge in [0, 0.05) is 43.9 Å². The molecule has 0 radical (unpaired) electrons. The molecule has 0 saturated carbocycles. The number of anilines is 1. The van der Waals surface area contributed by atoms with Crippen LogP contribution in [-0.4, -0.2) is 46.9 Å². The minimum Gasteiger partial charge on any atom is -0.312 e. The number of carbonyl (C=O) groups excluding carboxylic acids is 3. The number of urea groups is 1. The minimum atomic E-state index is -1.50. The third kappa shape index (κ3) is 4.98. The van der Waals surface area contributed by atoms with E-state index in [1.807, 2.05) is 54.0 Å². The molecule has 8 nitrogen and oxygen atoms in total. The summed E-state index contributed by atoms with van der Waals surface area (Å²) >= 11 is 0. The van der Waals surface area contributed by atoms with Crippen molar-refractivity contribution in [1.29, 1.82) is 0 Å². The lowest BCUT2D eigenvalue weighted by Crippen LogP contribution is -2.68. The van der Waals surface area contributed by atoms with Gasteiger partial charge >= 0.3 is 6.03 Å². The Bertz CT molecular complexity index is 1580. The van der Waals surface area contributed by atoms with Crippen LogP contribution in [0, 0.1) is 11.3 Å². The van der Waals surface area contributed by atoms with Crippen molar-refractivity contribution in [2.45, 2.75) is 58.4 Å². The van der Waals surface area contributed by atoms with E-state index < -0.39 is 23.3 Å². The number of nitrogens with zero attached hydrogens (tertiary/aromatic N) is 3. The topological polar surface area (TPSA) is 91.7 Å². The monoisotopic (exact) mass is 566 g/mol. The van der Waals surface area contributed by atoms with Crippen LogP contribution in [0.15, 0.2) is 71.5 Å². The van der Waals surface area contributed by atoms with Gasteiger partial charge in [-0.1, -0.05) is 63.2 Å². The first-order valence-corrected chi connectivity index (χ1v) is 15.0. The highest BCUT2D eigenvalue weighted by Crippen LogP contribution is 2.39. The summed E-state index contributed by atoms with van der Waals surface area (Å²) in [7, 11) is 0. The number of hydrogen-bond donors (Lipinski definition) is 1. The number of amides is 4. The van der Waals surface area contributed by atoms with Crippen LogP contribution in [-0.2, 0) is 29.0 Å². The van der Waals surface area contributed by atoms with E-state index in [2.05, 4.69) is 24.1 Å². The molecule has 3 aliphatic rings. The Labute approximate surface area is 246 Å². The molecule has 1 aromatic heterocycles. The number of nitrogens with one attached hydrogen (secondary N) is 1. The second-order valence-corrected chi connectivity index (χ2v) is 12.5. The molecule has 42 heavy (non-hydrogen) atoms. The van der Waals surface area contributed by atoms with Crippen LogP contribution in [0.1, 0.15) is 61.4 Å². The predicted molar refractivity (Wildman–Crippen MR) is 162 cm³/mol. The second kappa shape index (κ2) is 11.0. The van der Waals surface area contributed by atoms with Crippen molar-refractivity contribution in [2.75, 3.05) is 24.5 Å². The Morgan fingerprint density at radius 1 is 0.881 bits per heavy atom. The summed E-state index contributed by atoms with van der Waals surface area (Å²) < 4.78 is 1.88. The molecule has 3 aliphatic heterocycles. The van der Waals surface area contributed by atoms with E-state index in [1.165, 1.54) is 5.56 Å². The Morgan fingerprint density at radius 2 is 1.60 bits per heavy atom. The normalized spacial score (nSPS) is 24.1. The molecule has 4 amide bonds. The largest absolute Gasteiger partial charge is 0.335 e. The number of piperidine rings is 1. The molecular formula is C34H38N4O4. The van der Waals surface area contributed by atoms with Crippen LogP contribution in [0.25, 0.3) is 0 Å². The first-order valence-electron chi connectivity index (χ1n) is 15.0. The van der Waals surface area contributed by atoms with E-state index >= 15 is 0 Å². The fourth-order valence-electron chi connectivity index (χ4n) is 7.02. The Balaban J connectivity index is 1.37. The highest BCUT2D eigenvalue weighted by atomic mass is 16.2. The molecule has 2 aromatic carbocycles. The maximum absolute atomic E-state index is 14.5. The van der Waals surface area contributed by atoms with E-state index in [0.717, 1.165) is 34.6 Å². The SMILES string of the molecule is CCc1ccc(N2C(=O)NC(=O)C(Cc3ccc(C(C)C)cc3)(CN3C[C@H]4C[C@@H](C3)c3cccc(=O)n3C4)C2=O)cc1. The van der Waals surface area contributed by atoms with Crippen LogP contribution in [0.4, 0.5) is 10.5 Å². The third-order valence-corrected chi connectivity index (χ3v) is 9.27. The molecule has 8 heteroatoms. The maximum Gasteiger partial charge on any atom is 0.335 e. The summed E-state index contributed by atoms with van der Waals surface area (Å²) in [4.78, 5) is 57.5. The number of hydrogen-bond acceptors (Lipinski definition) is 5. The van der Waals surface area contributed by atoms with Gasteiger partial charge < -0.3 is 9.47 Å². The Morgan fingerprint density at radius 3 is 2.29 bits per heavy atom. The van der Waals surface area contributed by atoms with Gasteiger partial charge in [-0.2, -0.15) is 0 Å². The molecule has 3 atom stereocenters. The number of benzene rings is 2. The highest BCUT2D eigenvalue weighted by Gasteiger charge is 2.55. The van der Waals surface area contributed by atoms with Gasteiger partial charge in [-0.05, 0) is 66.0 Å². The summed E-state index contributed by atoms with van der Waals surface area (Å²) in [5, 5.41) is 2.55. The number of carbonyl (C=O) groups is 3. The van der Waals surface area contributed by atoms with E-state index in [1.54, 1.807) is 24.3 Å². The van der Waals surface area contributed by atoms with Crippen LogP contribution in [0.2, 0.25) is 0 Å². The summed E-state index contributed by atoms with van der Waals surface area (Å²) in [5.41, 5.74) is 3.11. The molecule has 2 fully saturated rings. The van der Waals surface area contributed by atoms with Crippen molar-refractivity contribution in [2.24, 2.45) is 11.3 Å². The van der Waals surface area contributed by atoms with E-state index in [0.29, 0.717) is 31.2 Å². The number of pyridine rings is 1. The molecule has 2 bridgehead atoms. The minimum absolute atomic E-state index is 0.0158. The van der Waals surface area contributed by atoms with Gasteiger partial charge in [-0.15, -0.1) is 0 Å². The molecule has 0 spiro atoms. The van der Waals surface area contributed by atoms with Crippen LogP contribution in [0.5, 0.6) is 0 Å². The lowest BCUT2D eigenvalue weighted by molar-refractivity contribution is -0.144. The van der Waals surface area contributed by atoms with Gasteiger partial charge in [-0.25, -0.2) is 9.69 Å². The molecule has 218 valence electrons. The quantitative estimate of drug-likeness (QED) is 0.427. The summed E-state index contributed by atoms with van der Waals surface area (Å²) in [6, 6.07) is 20.1. The molecule has 6 rings (SSSR count). The summed E-state index contributed by atoms with van der Waals surface area (Å²) in [6.45, 7) is 8.41. The zero-order chi connectivity index (χ0) is 29.6. The number of aromatic nitrogens is 1. The van der Waals surface area contributed by atoms with Gasteiger partial charge in [0.2, 0.25) is 5.91 Å². The average molecular weight is 567 g/mol. The zero-order valence-corrected chi connectivity index (χ0v) is 24.5. The number of imide groups is 2. The lowest BCUT2D eigenvalue weighted by atomic mass is 9.75. The standard InChI is InChI=1S/C34H38N4O4/c1-4-23-10-14-28(15-11-23)38-32(41)34(31(40)35-33(38)42,17-24-8-12-26(13-9-24)22(2)3)21-36-18-25-16-27(20-36)29-6-5-7-30(39)37(29)19-25/h5-15,22,25,27H,4,16-21H2,1-3H3,(H,35,40,42)/t25-,27+,34?/m1/s1. The van der Waals surface area contributed by atoms with E-state index in [-0.39, 0.29) is 30.4 Å². The fourth-order valence-corrected chi connectivity index (χ4v) is 7.02. The zero-order valence-electron chi connectivity index (χ0n) is 24.5. The summed E-state index contributed by atoms with van der Waals surface area (Å²) in [6.07, 6.45) is 1.98. The number of fused-ring (bicyclic) bond motifs is 4. The van der Waals surface area contributed by atoms with Crippen LogP contribution < -0.4 is 15.8 Å².